The van der Waals surface area contributed by atoms with Crippen LogP contribution in [0.1, 0.15) is 251 Å². The molecule has 0 aromatic carbocycles. The minimum Gasteiger partial charge on any atom is -0.480 e. The molecule has 2 amide bonds. The largest absolute Gasteiger partial charge is 0.480 e. The maximum Gasteiger partial charge on any atom is 0.328 e. The fourth-order valence-corrected chi connectivity index (χ4v) is 7.42. The van der Waals surface area contributed by atoms with E-state index in [2.05, 4.69) is 24.5 Å². The molecule has 0 saturated heterocycles. The van der Waals surface area contributed by atoms with Crippen molar-refractivity contribution in [2.24, 2.45) is 0 Å². The van der Waals surface area contributed by atoms with E-state index in [0.717, 1.165) is 57.8 Å². The van der Waals surface area contributed by atoms with Gasteiger partial charge in [0, 0.05) is 12.8 Å². The monoisotopic (exact) mass is 795 g/mol. The van der Waals surface area contributed by atoms with Crippen LogP contribution in [0.25, 0.3) is 0 Å². The molecule has 0 aliphatic carbocycles. The van der Waals surface area contributed by atoms with E-state index in [1.807, 2.05) is 0 Å². The highest BCUT2D eigenvalue weighted by Crippen LogP contribution is 2.19. The Morgan fingerprint density at radius 1 is 0.464 bits per heavy atom. The summed E-state index contributed by atoms with van der Waals surface area (Å²) in [6, 6.07) is -1.38. The average Bonchev–Trinajstić information content (AvgIpc) is 3.18. The van der Waals surface area contributed by atoms with Gasteiger partial charge in [0.25, 0.3) is 0 Å². The number of carboxylic acids is 1. The van der Waals surface area contributed by atoms with Gasteiger partial charge < -0.3 is 25.6 Å². The number of aliphatic hydroxyl groups excluding tert-OH is 1. The zero-order valence-electron chi connectivity index (χ0n) is 36.7. The van der Waals surface area contributed by atoms with Crippen molar-refractivity contribution in [3.63, 3.8) is 0 Å². The van der Waals surface area contributed by atoms with Crippen molar-refractivity contribution in [3.8, 4) is 0 Å². The second-order valence-corrected chi connectivity index (χ2v) is 16.6. The van der Waals surface area contributed by atoms with Gasteiger partial charge in [-0.25, -0.2) is 4.79 Å². The number of esters is 1. The van der Waals surface area contributed by atoms with Gasteiger partial charge in [0.15, 0.2) is 0 Å². The molecule has 9 heteroatoms. The summed E-state index contributed by atoms with van der Waals surface area (Å²) in [6.07, 6.45) is 44.5. The molecule has 0 aliphatic heterocycles. The van der Waals surface area contributed by atoms with Gasteiger partial charge in [0.1, 0.15) is 12.1 Å². The number of carbonyl (C=O) groups excluding carboxylic acids is 3. The number of rotatable bonds is 44. The van der Waals surface area contributed by atoms with Crippen LogP contribution in [0.4, 0.5) is 0 Å². The molecular formula is C47H90N2O7. The van der Waals surface area contributed by atoms with Crippen molar-refractivity contribution in [1.29, 1.82) is 0 Å². The number of carbonyl (C=O) groups is 4. The van der Waals surface area contributed by atoms with E-state index < -0.39 is 24.5 Å². The van der Waals surface area contributed by atoms with Crippen molar-refractivity contribution >= 4 is 23.8 Å². The fourth-order valence-electron chi connectivity index (χ4n) is 7.42. The molecule has 56 heavy (non-hydrogen) atoms. The van der Waals surface area contributed by atoms with Crippen molar-refractivity contribution in [1.82, 2.24) is 10.6 Å². The molecule has 0 rings (SSSR count). The molecule has 0 aromatic rings. The molecule has 0 spiro atoms. The van der Waals surface area contributed by atoms with Crippen molar-refractivity contribution in [3.05, 3.63) is 0 Å². The van der Waals surface area contributed by atoms with Crippen LogP contribution < -0.4 is 10.6 Å². The van der Waals surface area contributed by atoms with Crippen LogP contribution in [-0.4, -0.2) is 59.3 Å². The topological polar surface area (TPSA) is 142 Å². The third kappa shape index (κ3) is 38.7. The molecule has 4 N–H and O–H groups in total. The van der Waals surface area contributed by atoms with E-state index in [0.29, 0.717) is 19.3 Å². The van der Waals surface area contributed by atoms with Crippen LogP contribution in [0.5, 0.6) is 0 Å². The molecule has 0 bridgehead atoms. The first kappa shape index (κ1) is 53.8. The highest BCUT2D eigenvalue weighted by molar-refractivity contribution is 5.87. The van der Waals surface area contributed by atoms with Crippen molar-refractivity contribution < 1.29 is 34.1 Å². The molecule has 0 aromatic heterocycles. The van der Waals surface area contributed by atoms with Crippen LogP contribution >= 0.6 is 0 Å². The lowest BCUT2D eigenvalue weighted by molar-refractivity contribution is -0.150. The maximum atomic E-state index is 12.7. The van der Waals surface area contributed by atoms with E-state index >= 15 is 0 Å². The van der Waals surface area contributed by atoms with Gasteiger partial charge in [-0.05, 0) is 38.5 Å². The van der Waals surface area contributed by atoms with Gasteiger partial charge >= 0.3 is 11.9 Å². The fraction of sp³-hybridized carbons (Fsp3) is 0.915. The minimum absolute atomic E-state index is 0.00290. The third-order valence-electron chi connectivity index (χ3n) is 11.1. The zero-order chi connectivity index (χ0) is 41.2. The van der Waals surface area contributed by atoms with Crippen LogP contribution in [0.15, 0.2) is 0 Å². The van der Waals surface area contributed by atoms with Crippen molar-refractivity contribution in [2.75, 3.05) is 13.2 Å². The molecule has 9 nitrogen and oxygen atoms in total. The molecule has 2 unspecified atom stereocenters. The molecule has 0 saturated carbocycles. The number of amides is 2. The second-order valence-electron chi connectivity index (χ2n) is 16.6. The Labute approximate surface area is 344 Å². The van der Waals surface area contributed by atoms with Gasteiger partial charge in [-0.1, -0.05) is 200 Å². The molecule has 0 radical (unpaired) electrons. The van der Waals surface area contributed by atoms with Crippen LogP contribution in [0, 0.1) is 0 Å². The number of hydrogen-bond acceptors (Lipinski definition) is 6. The molecule has 0 heterocycles. The first-order valence-corrected chi connectivity index (χ1v) is 23.9. The van der Waals surface area contributed by atoms with Gasteiger partial charge in [0.05, 0.1) is 13.2 Å². The standard InChI is InChI=1S/C47H90N2O7/c1-3-5-7-9-11-12-13-14-15-16-17-18-19-20-21-22-23-24-25-26-31-35-39-46(53)56-42(36-32-28-10-8-6-4-2)37-33-29-27-30-34-38-44(51)48-40-45(52)49-43(41-50)47(54)55/h42-43,50H,3-41H2,1-2H3,(H,48,51)(H,49,52)(H,54,55). The van der Waals surface area contributed by atoms with E-state index in [1.54, 1.807) is 0 Å². The number of hydrogen-bond donors (Lipinski definition) is 4. The van der Waals surface area contributed by atoms with Gasteiger partial charge in [-0.15, -0.1) is 0 Å². The maximum absolute atomic E-state index is 12.7. The number of unbranched alkanes of at least 4 members (excludes halogenated alkanes) is 30. The lowest BCUT2D eigenvalue weighted by Gasteiger charge is -2.18. The Balaban J connectivity index is 3.94. The minimum atomic E-state index is -1.38. The summed E-state index contributed by atoms with van der Waals surface area (Å²) in [4.78, 5) is 47.5. The Bertz CT molecular complexity index is 915. The zero-order valence-corrected chi connectivity index (χ0v) is 36.7. The predicted octanol–water partition coefficient (Wildman–Crippen LogP) is 12.0. The summed E-state index contributed by atoms with van der Waals surface area (Å²) < 4.78 is 6.00. The highest BCUT2D eigenvalue weighted by Gasteiger charge is 2.19. The smallest absolute Gasteiger partial charge is 0.328 e. The number of aliphatic carboxylic acids is 1. The van der Waals surface area contributed by atoms with E-state index in [-0.39, 0.29) is 24.5 Å². The second kappa shape index (κ2) is 42.4. The predicted molar refractivity (Wildman–Crippen MR) is 232 cm³/mol. The SMILES string of the molecule is CCCCCCCCCCCCCCCCCCCCCCCCC(=O)OC(CCCCCCCC)CCCCCCCC(=O)NCC(=O)NC(CO)C(=O)O. The summed E-state index contributed by atoms with van der Waals surface area (Å²) in [6.45, 7) is 3.49. The summed E-state index contributed by atoms with van der Waals surface area (Å²) in [5, 5.41) is 22.5. The average molecular weight is 795 g/mol. The quantitative estimate of drug-likeness (QED) is 0.0355. The van der Waals surface area contributed by atoms with Gasteiger partial charge in [-0.2, -0.15) is 0 Å². The first-order valence-electron chi connectivity index (χ1n) is 23.9. The van der Waals surface area contributed by atoms with Gasteiger partial charge in [-0.3, -0.25) is 14.4 Å². The summed E-state index contributed by atoms with van der Waals surface area (Å²) >= 11 is 0. The molecular weight excluding hydrogens is 705 g/mol. The highest BCUT2D eigenvalue weighted by atomic mass is 16.5. The summed E-state index contributed by atoms with van der Waals surface area (Å²) in [7, 11) is 0. The summed E-state index contributed by atoms with van der Waals surface area (Å²) in [5.74, 6) is -2.27. The number of carboxylic acid groups (broad SMARTS) is 1. The van der Waals surface area contributed by atoms with Crippen LogP contribution in [0.2, 0.25) is 0 Å². The van der Waals surface area contributed by atoms with Gasteiger partial charge in [0.2, 0.25) is 11.8 Å². The van der Waals surface area contributed by atoms with E-state index in [9.17, 15) is 19.2 Å². The Morgan fingerprint density at radius 3 is 1.16 bits per heavy atom. The third-order valence-corrected chi connectivity index (χ3v) is 11.1. The Morgan fingerprint density at radius 2 is 0.804 bits per heavy atom. The van der Waals surface area contributed by atoms with E-state index in [4.69, 9.17) is 14.9 Å². The number of nitrogens with one attached hydrogen (secondary N) is 2. The number of ether oxygens (including phenoxy) is 1. The lowest BCUT2D eigenvalue weighted by Crippen LogP contribution is -2.47. The summed E-state index contributed by atoms with van der Waals surface area (Å²) in [5.41, 5.74) is 0. The normalized spacial score (nSPS) is 12.3. The molecule has 0 fully saturated rings. The molecule has 0 aliphatic rings. The van der Waals surface area contributed by atoms with Crippen LogP contribution in [0.3, 0.4) is 0 Å². The van der Waals surface area contributed by atoms with Crippen molar-refractivity contribution in [2.45, 2.75) is 264 Å². The molecule has 2 atom stereocenters. The lowest BCUT2D eigenvalue weighted by atomic mass is 10.0. The Kier molecular flexibility index (Phi) is 40.8. The number of aliphatic hydroxyl groups is 1. The first-order chi connectivity index (χ1) is 27.3. The molecule has 330 valence electrons. The van der Waals surface area contributed by atoms with E-state index in [1.165, 1.54) is 161 Å². The van der Waals surface area contributed by atoms with Crippen LogP contribution in [-0.2, 0) is 23.9 Å². The Hall–Kier alpha value is -2.16.